The fourth-order valence-corrected chi connectivity index (χ4v) is 5.15. The van der Waals surface area contributed by atoms with E-state index in [1.54, 1.807) is 36.4 Å². The van der Waals surface area contributed by atoms with Gasteiger partial charge in [-0.15, -0.1) is 0 Å². The van der Waals surface area contributed by atoms with Crippen LogP contribution in [0.1, 0.15) is 5.82 Å². The highest BCUT2D eigenvalue weighted by atomic mass is 35.5. The molecule has 1 aliphatic heterocycles. The molecule has 4 N–H and O–H groups in total. The van der Waals surface area contributed by atoms with Crippen molar-refractivity contribution >= 4 is 32.7 Å². The minimum atomic E-state index is -3.79. The van der Waals surface area contributed by atoms with Crippen molar-refractivity contribution in [3.05, 3.63) is 59.4 Å². The predicted molar refractivity (Wildman–Crippen MR) is 109 cm³/mol. The molecule has 3 aromatic rings. The number of aliphatic hydroxyl groups is 2. The third-order valence-corrected chi connectivity index (χ3v) is 7.11. The zero-order valence-corrected chi connectivity index (χ0v) is 17.0. The van der Waals surface area contributed by atoms with E-state index >= 15 is 0 Å². The molecule has 0 aliphatic carbocycles. The number of halogens is 1. The first-order valence-electron chi connectivity index (χ1n) is 9.08. The molecule has 2 aromatic carbocycles. The Morgan fingerprint density at radius 1 is 1.28 bits per heavy atom. The van der Waals surface area contributed by atoms with E-state index in [0.717, 1.165) is 15.3 Å². The Balaban J connectivity index is 1.41. The van der Waals surface area contributed by atoms with Gasteiger partial charge in [-0.05, 0) is 30.3 Å². The molecule has 0 saturated carbocycles. The van der Waals surface area contributed by atoms with Crippen molar-refractivity contribution in [2.24, 2.45) is 0 Å². The van der Waals surface area contributed by atoms with Crippen LogP contribution in [0.3, 0.4) is 0 Å². The van der Waals surface area contributed by atoms with E-state index < -0.39 is 21.7 Å². The first kappa shape index (κ1) is 20.3. The average molecular weight is 437 g/mol. The van der Waals surface area contributed by atoms with Crippen molar-refractivity contribution in [2.45, 2.75) is 23.1 Å². The van der Waals surface area contributed by atoms with E-state index in [2.05, 4.69) is 15.3 Å². The summed E-state index contributed by atoms with van der Waals surface area (Å²) in [7, 11) is -3.79. The van der Waals surface area contributed by atoms with E-state index in [4.69, 9.17) is 11.6 Å². The molecule has 1 aliphatic rings. The highest BCUT2D eigenvalue weighted by Crippen LogP contribution is 2.27. The summed E-state index contributed by atoms with van der Waals surface area (Å²) in [5, 5.41) is 24.8. The molecular weight excluding hydrogens is 416 g/mol. The van der Waals surface area contributed by atoms with Crippen molar-refractivity contribution in [1.29, 1.82) is 0 Å². The summed E-state index contributed by atoms with van der Waals surface area (Å²) in [5.41, 5.74) is -0.0306. The monoisotopic (exact) mass is 436 g/mol. The van der Waals surface area contributed by atoms with Crippen molar-refractivity contribution in [2.75, 3.05) is 19.6 Å². The fraction of sp³-hybridized carbons (Fsp3) is 0.316. The zero-order valence-electron chi connectivity index (χ0n) is 15.4. The molecule has 0 spiro atoms. The number of sulfonamides is 1. The first-order valence-corrected chi connectivity index (χ1v) is 10.9. The minimum absolute atomic E-state index is 0.00672. The van der Waals surface area contributed by atoms with Crippen molar-refractivity contribution < 1.29 is 18.6 Å². The van der Waals surface area contributed by atoms with Crippen LogP contribution in [0, 0.1) is 0 Å². The molecule has 1 fully saturated rings. The lowest BCUT2D eigenvalue weighted by Gasteiger charge is -2.26. The van der Waals surface area contributed by atoms with Crippen LogP contribution >= 0.6 is 11.6 Å². The van der Waals surface area contributed by atoms with Gasteiger partial charge < -0.3 is 20.5 Å². The molecule has 8 nitrogen and oxygen atoms in total. The Hall–Kier alpha value is -2.01. The van der Waals surface area contributed by atoms with Gasteiger partial charge in [0.25, 0.3) is 0 Å². The standard InChI is InChI=1S/C19H21ClN4O4S/c20-13-6-7-15-16(8-13)23-18(22-15)9-21-11-19(26)12-24(10-17(19)25)29(27,28)14-4-2-1-3-5-14/h1-8,17,21,25-26H,9-12H2,(H,22,23)/t17-,19+/m1/s1. The Kier molecular flexibility index (Phi) is 5.36. The molecule has 2 atom stereocenters. The van der Waals surface area contributed by atoms with Crippen LogP contribution in [0.4, 0.5) is 0 Å². The number of aliphatic hydroxyl groups excluding tert-OH is 1. The predicted octanol–water partition coefficient (Wildman–Crippen LogP) is 1.10. The lowest BCUT2D eigenvalue weighted by molar-refractivity contribution is -0.0385. The van der Waals surface area contributed by atoms with E-state index in [-0.39, 0.29) is 24.5 Å². The summed E-state index contributed by atoms with van der Waals surface area (Å²) in [6.07, 6.45) is -1.21. The number of imidazole rings is 1. The van der Waals surface area contributed by atoms with Crippen molar-refractivity contribution in [3.8, 4) is 0 Å². The Labute approximate surface area is 173 Å². The summed E-state index contributed by atoms with van der Waals surface area (Å²) >= 11 is 5.97. The number of rotatable bonds is 6. The van der Waals surface area contributed by atoms with E-state index in [9.17, 15) is 18.6 Å². The minimum Gasteiger partial charge on any atom is -0.389 e. The number of benzene rings is 2. The molecule has 154 valence electrons. The van der Waals surface area contributed by atoms with Gasteiger partial charge in [0.05, 0.1) is 28.6 Å². The zero-order chi connectivity index (χ0) is 20.6. The molecule has 10 heteroatoms. The van der Waals surface area contributed by atoms with Crippen molar-refractivity contribution in [1.82, 2.24) is 19.6 Å². The highest BCUT2D eigenvalue weighted by Gasteiger charge is 2.48. The second-order valence-corrected chi connectivity index (χ2v) is 9.55. The third kappa shape index (κ3) is 4.02. The van der Waals surface area contributed by atoms with Gasteiger partial charge in [-0.1, -0.05) is 29.8 Å². The van der Waals surface area contributed by atoms with Gasteiger partial charge in [-0.2, -0.15) is 4.31 Å². The smallest absolute Gasteiger partial charge is 0.243 e. The van der Waals surface area contributed by atoms with Gasteiger partial charge in [-0.3, -0.25) is 0 Å². The summed E-state index contributed by atoms with van der Waals surface area (Å²) < 4.78 is 26.6. The molecule has 2 heterocycles. The van der Waals surface area contributed by atoms with E-state index in [1.807, 2.05) is 0 Å². The van der Waals surface area contributed by atoms with E-state index in [0.29, 0.717) is 17.4 Å². The molecule has 0 amide bonds. The third-order valence-electron chi connectivity index (χ3n) is 5.04. The second kappa shape index (κ2) is 7.67. The maximum absolute atomic E-state index is 12.7. The number of fused-ring (bicyclic) bond motifs is 1. The summed E-state index contributed by atoms with van der Waals surface area (Å²) in [4.78, 5) is 7.69. The summed E-state index contributed by atoms with van der Waals surface area (Å²) in [5.74, 6) is 0.645. The topological polar surface area (TPSA) is 119 Å². The number of nitrogens with zero attached hydrogens (tertiary/aromatic N) is 2. The molecule has 4 rings (SSSR count). The van der Waals surface area contributed by atoms with Crippen LogP contribution < -0.4 is 5.32 Å². The van der Waals surface area contributed by atoms with Crippen LogP contribution in [0.5, 0.6) is 0 Å². The van der Waals surface area contributed by atoms with Crippen molar-refractivity contribution in [3.63, 3.8) is 0 Å². The number of H-pyrrole nitrogens is 1. The molecular formula is C19H21ClN4O4S. The lowest BCUT2D eigenvalue weighted by Crippen LogP contribution is -2.50. The van der Waals surface area contributed by atoms with Crippen LogP contribution in [-0.2, 0) is 16.6 Å². The Morgan fingerprint density at radius 2 is 2.03 bits per heavy atom. The average Bonchev–Trinajstić information content (AvgIpc) is 3.23. The first-order chi connectivity index (χ1) is 13.8. The number of β-amino-alcohol motifs (C(OH)–C–C–N with tert-alkyl or cyclic N) is 2. The van der Waals surface area contributed by atoms with Gasteiger partial charge in [0.15, 0.2) is 0 Å². The van der Waals surface area contributed by atoms with Gasteiger partial charge in [0.1, 0.15) is 11.4 Å². The fourth-order valence-electron chi connectivity index (χ4n) is 3.45. The molecule has 1 saturated heterocycles. The van der Waals surface area contributed by atoms with Crippen LogP contribution in [0.2, 0.25) is 5.02 Å². The number of hydrogen-bond donors (Lipinski definition) is 4. The number of aromatic amines is 1. The Bertz CT molecular complexity index is 1120. The quantitative estimate of drug-likeness (QED) is 0.459. The van der Waals surface area contributed by atoms with Crippen LogP contribution in [-0.4, -0.2) is 64.2 Å². The number of hydrogen-bond acceptors (Lipinski definition) is 6. The molecule has 29 heavy (non-hydrogen) atoms. The van der Waals surface area contributed by atoms with Gasteiger partial charge >= 0.3 is 0 Å². The second-order valence-electron chi connectivity index (χ2n) is 7.18. The molecule has 1 aromatic heterocycles. The lowest BCUT2D eigenvalue weighted by atomic mass is 10.0. The summed E-state index contributed by atoms with van der Waals surface area (Å²) in [6, 6.07) is 13.3. The normalized spacial score (nSPS) is 23.1. The Morgan fingerprint density at radius 3 is 2.79 bits per heavy atom. The van der Waals surface area contributed by atoms with E-state index in [1.165, 1.54) is 12.1 Å². The number of aromatic nitrogens is 2. The molecule has 0 bridgehead atoms. The maximum atomic E-state index is 12.7. The molecule has 0 unspecified atom stereocenters. The number of nitrogens with one attached hydrogen (secondary N) is 2. The molecule has 0 radical (unpaired) electrons. The van der Waals surface area contributed by atoms with Gasteiger partial charge in [0, 0.05) is 24.7 Å². The van der Waals surface area contributed by atoms with Gasteiger partial charge in [0.2, 0.25) is 10.0 Å². The SMILES string of the molecule is O=S(=O)(c1ccccc1)N1C[C@@H](O)[C@](O)(CNCc2nc3ccc(Cl)cc3[nH]2)C1. The largest absolute Gasteiger partial charge is 0.389 e. The van der Waals surface area contributed by atoms with Gasteiger partial charge in [-0.25, -0.2) is 13.4 Å². The highest BCUT2D eigenvalue weighted by molar-refractivity contribution is 7.89. The maximum Gasteiger partial charge on any atom is 0.243 e. The summed E-state index contributed by atoms with van der Waals surface area (Å²) in [6.45, 7) is -0.0494. The van der Waals surface area contributed by atoms with Crippen LogP contribution in [0.25, 0.3) is 11.0 Å². The van der Waals surface area contributed by atoms with Crippen LogP contribution in [0.15, 0.2) is 53.4 Å².